The maximum atomic E-state index is 13.8. The number of benzodiazepines with no additional fused rings is 1. The minimum Gasteiger partial charge on any atom is -0.345 e. The van der Waals surface area contributed by atoms with Crippen molar-refractivity contribution < 1.29 is 32.3 Å². The van der Waals surface area contributed by atoms with Crippen molar-refractivity contribution in [3.8, 4) is 0 Å². The van der Waals surface area contributed by atoms with E-state index in [2.05, 4.69) is 20.6 Å². The number of para-hydroxylation sites is 1. The highest BCUT2D eigenvalue weighted by atomic mass is 19.4. The normalized spacial score (nSPS) is 16.5. The summed E-state index contributed by atoms with van der Waals surface area (Å²) in [4.78, 5) is 61.7. The molecule has 2 N–H and O–H groups in total. The third-order valence-corrected chi connectivity index (χ3v) is 5.94. The van der Waals surface area contributed by atoms with Gasteiger partial charge in [-0.25, -0.2) is 4.99 Å². The number of benzene rings is 1. The molecule has 0 saturated heterocycles. The first kappa shape index (κ1) is 29.5. The van der Waals surface area contributed by atoms with Crippen LogP contribution in [0, 0.1) is 5.41 Å². The van der Waals surface area contributed by atoms with Gasteiger partial charge < -0.3 is 15.5 Å². The van der Waals surface area contributed by atoms with Crippen molar-refractivity contribution in [2.75, 3.05) is 11.4 Å². The number of carbonyl (C=O) groups excluding carboxylic acids is 4. The number of hydrogen-bond acceptors (Lipinski definition) is 6. The first-order valence-corrected chi connectivity index (χ1v) is 12.3. The van der Waals surface area contributed by atoms with Gasteiger partial charge in [0.2, 0.25) is 18.0 Å². The van der Waals surface area contributed by atoms with Crippen LogP contribution in [0.1, 0.15) is 51.8 Å². The molecule has 2 atom stereocenters. The van der Waals surface area contributed by atoms with Crippen LogP contribution in [0.3, 0.4) is 0 Å². The number of amides is 3. The zero-order chi connectivity index (χ0) is 29.0. The second-order valence-electron chi connectivity index (χ2n) is 10.1. The number of nitrogens with zero attached hydrogens (tertiary/aromatic N) is 3. The van der Waals surface area contributed by atoms with Crippen LogP contribution in [-0.4, -0.2) is 59.1 Å². The number of nitrogens with one attached hydrogen (secondary N) is 2. The minimum absolute atomic E-state index is 0.234. The van der Waals surface area contributed by atoms with Crippen LogP contribution in [0.15, 0.2) is 53.7 Å². The molecule has 1 aromatic carbocycles. The molecule has 0 bridgehead atoms. The number of halogens is 3. The number of carbonyl (C=O) groups is 4. The zero-order valence-electron chi connectivity index (χ0n) is 22.0. The number of pyridine rings is 1. The van der Waals surface area contributed by atoms with Crippen LogP contribution in [0.4, 0.5) is 18.9 Å². The Bertz CT molecular complexity index is 1270. The summed E-state index contributed by atoms with van der Waals surface area (Å²) in [6.45, 7) is 6.16. The van der Waals surface area contributed by atoms with Crippen molar-refractivity contribution in [3.05, 3.63) is 59.9 Å². The Labute approximate surface area is 223 Å². The maximum absolute atomic E-state index is 13.8. The van der Waals surface area contributed by atoms with Gasteiger partial charge in [0, 0.05) is 23.6 Å². The topological polar surface area (TPSA) is 121 Å². The van der Waals surface area contributed by atoms with Gasteiger partial charge in [0.05, 0.1) is 30.1 Å². The lowest BCUT2D eigenvalue weighted by Gasteiger charge is -2.28. The molecule has 1 aliphatic heterocycles. The van der Waals surface area contributed by atoms with E-state index in [4.69, 9.17) is 0 Å². The van der Waals surface area contributed by atoms with Gasteiger partial charge in [-0.2, -0.15) is 13.2 Å². The molecule has 9 nitrogen and oxygen atoms in total. The van der Waals surface area contributed by atoms with E-state index in [0.29, 0.717) is 16.9 Å². The van der Waals surface area contributed by atoms with Crippen molar-refractivity contribution in [2.24, 2.45) is 10.4 Å². The number of rotatable bonds is 8. The number of Topliss-reactive ketones (excluding diaryl/α,β-unsaturated/α-hetero) is 1. The number of alkyl halides is 3. The summed E-state index contributed by atoms with van der Waals surface area (Å²) < 4.78 is 37.3. The predicted octanol–water partition coefficient (Wildman–Crippen LogP) is 3.17. The van der Waals surface area contributed by atoms with E-state index in [-0.39, 0.29) is 18.0 Å². The molecule has 39 heavy (non-hydrogen) atoms. The average Bonchev–Trinajstić information content (AvgIpc) is 2.97. The van der Waals surface area contributed by atoms with Gasteiger partial charge >= 0.3 is 6.18 Å². The third kappa shape index (κ3) is 7.71. The zero-order valence-corrected chi connectivity index (χ0v) is 22.0. The summed E-state index contributed by atoms with van der Waals surface area (Å²) in [5, 5.41) is 4.67. The molecule has 0 aliphatic carbocycles. The van der Waals surface area contributed by atoms with Crippen LogP contribution >= 0.6 is 0 Å². The summed E-state index contributed by atoms with van der Waals surface area (Å²) in [5.74, 6) is -2.74. The maximum Gasteiger partial charge on any atom is 0.389 e. The summed E-state index contributed by atoms with van der Waals surface area (Å²) in [5.41, 5.74) is 0.846. The summed E-state index contributed by atoms with van der Waals surface area (Å²) in [7, 11) is 0. The predicted molar refractivity (Wildman–Crippen MR) is 138 cm³/mol. The molecule has 0 radical (unpaired) electrons. The Hall–Kier alpha value is -4.09. The molecular formula is C27H30F3N5O4. The molecule has 3 rings (SSSR count). The number of hydrogen-bond donors (Lipinski definition) is 2. The van der Waals surface area contributed by atoms with Crippen molar-refractivity contribution in [1.29, 1.82) is 0 Å². The lowest BCUT2D eigenvalue weighted by atomic mass is 9.90. The molecule has 0 saturated carbocycles. The van der Waals surface area contributed by atoms with Crippen LogP contribution in [0.5, 0.6) is 0 Å². The number of aliphatic imine (C=N–C) groups is 1. The molecule has 1 aliphatic rings. The minimum atomic E-state index is -4.52. The Morgan fingerprint density at radius 1 is 1.05 bits per heavy atom. The largest absolute Gasteiger partial charge is 0.389 e. The Balaban J connectivity index is 1.96. The van der Waals surface area contributed by atoms with E-state index < -0.39 is 54.4 Å². The van der Waals surface area contributed by atoms with Gasteiger partial charge in [0.1, 0.15) is 6.04 Å². The van der Waals surface area contributed by atoms with Gasteiger partial charge in [-0.05, 0) is 25.1 Å². The molecule has 1 aromatic heterocycles. The molecule has 12 heteroatoms. The Morgan fingerprint density at radius 3 is 2.33 bits per heavy atom. The third-order valence-electron chi connectivity index (χ3n) is 5.94. The smallest absolute Gasteiger partial charge is 0.345 e. The standard InChI is InChI=1S/C27H30F3N5O4/c1-16(32-21(37)12-13-27(28,29)30)24(38)34-23-25(39)35(15-20(36)26(2,3)4)19-11-6-5-9-17(19)22(33-23)18-10-7-8-14-31-18/h5-11,14,16,23H,12-13,15H2,1-4H3,(H,32,37)(H,34,38)/t16-,23?/m0/s1. The molecule has 3 amide bonds. The van der Waals surface area contributed by atoms with Crippen molar-refractivity contribution >= 4 is 34.9 Å². The van der Waals surface area contributed by atoms with Gasteiger partial charge in [-0.3, -0.25) is 24.2 Å². The summed E-state index contributed by atoms with van der Waals surface area (Å²) in [6.07, 6.45) is -6.66. The Kier molecular flexibility index (Phi) is 8.88. The highest BCUT2D eigenvalue weighted by Crippen LogP contribution is 2.29. The summed E-state index contributed by atoms with van der Waals surface area (Å²) >= 11 is 0. The van der Waals surface area contributed by atoms with Crippen LogP contribution in [0.25, 0.3) is 0 Å². The van der Waals surface area contributed by atoms with Crippen molar-refractivity contribution in [2.45, 2.75) is 58.9 Å². The molecular weight excluding hydrogens is 515 g/mol. The molecule has 0 spiro atoms. The second kappa shape index (κ2) is 11.7. The van der Waals surface area contributed by atoms with Crippen LogP contribution in [0.2, 0.25) is 0 Å². The van der Waals surface area contributed by atoms with E-state index in [1.807, 2.05) is 0 Å². The molecule has 2 heterocycles. The molecule has 208 valence electrons. The first-order chi connectivity index (χ1) is 18.2. The van der Waals surface area contributed by atoms with Gasteiger partial charge in [0.15, 0.2) is 5.78 Å². The first-order valence-electron chi connectivity index (χ1n) is 12.3. The molecule has 2 aromatic rings. The van der Waals surface area contributed by atoms with Gasteiger partial charge in [0.25, 0.3) is 5.91 Å². The van der Waals surface area contributed by atoms with Gasteiger partial charge in [-0.1, -0.05) is 45.0 Å². The number of ketones is 1. The highest BCUT2D eigenvalue weighted by Gasteiger charge is 2.37. The monoisotopic (exact) mass is 545 g/mol. The fraction of sp³-hybridized carbons (Fsp3) is 0.407. The van der Waals surface area contributed by atoms with Crippen LogP contribution < -0.4 is 15.5 Å². The fourth-order valence-electron chi connectivity index (χ4n) is 3.67. The van der Waals surface area contributed by atoms with E-state index >= 15 is 0 Å². The summed E-state index contributed by atoms with van der Waals surface area (Å²) in [6, 6.07) is 10.7. The highest BCUT2D eigenvalue weighted by molar-refractivity contribution is 6.20. The van der Waals surface area contributed by atoms with E-state index in [9.17, 15) is 32.3 Å². The number of anilines is 1. The van der Waals surface area contributed by atoms with Crippen molar-refractivity contribution in [3.63, 3.8) is 0 Å². The number of aromatic nitrogens is 1. The SMILES string of the molecule is C[C@H](NC(=O)CCC(F)(F)F)C(=O)NC1N=C(c2ccccn2)c2ccccc2N(CC(=O)C(C)(C)C)C1=O. The molecule has 1 unspecified atom stereocenters. The lowest BCUT2D eigenvalue weighted by molar-refractivity contribution is -0.144. The number of fused-ring (bicyclic) bond motifs is 1. The fourth-order valence-corrected chi connectivity index (χ4v) is 3.67. The lowest BCUT2D eigenvalue weighted by Crippen LogP contribution is -2.54. The average molecular weight is 546 g/mol. The quantitative estimate of drug-likeness (QED) is 0.528. The van der Waals surface area contributed by atoms with Gasteiger partial charge in [-0.15, -0.1) is 0 Å². The second-order valence-corrected chi connectivity index (χ2v) is 10.1. The Morgan fingerprint density at radius 2 is 1.72 bits per heavy atom. The van der Waals surface area contributed by atoms with E-state index in [1.54, 1.807) is 69.4 Å². The van der Waals surface area contributed by atoms with E-state index in [0.717, 1.165) is 0 Å². The van der Waals surface area contributed by atoms with Crippen molar-refractivity contribution in [1.82, 2.24) is 15.6 Å². The van der Waals surface area contributed by atoms with E-state index in [1.165, 1.54) is 11.8 Å². The molecule has 0 fully saturated rings. The van der Waals surface area contributed by atoms with Crippen LogP contribution in [-0.2, 0) is 19.2 Å².